The van der Waals surface area contributed by atoms with Gasteiger partial charge in [-0.05, 0) is 24.3 Å². The minimum absolute atomic E-state index is 0.0154. The maximum atomic E-state index is 11.9. The molecule has 2 aromatic rings. The van der Waals surface area contributed by atoms with Crippen LogP contribution in [0, 0.1) is 10.1 Å². The van der Waals surface area contributed by atoms with E-state index in [1.165, 1.54) is 25.5 Å². The number of benzene rings is 1. The fourth-order valence-electron chi connectivity index (χ4n) is 1.74. The minimum Gasteiger partial charge on any atom is -0.497 e. The van der Waals surface area contributed by atoms with Gasteiger partial charge in [0.25, 0.3) is 11.8 Å². The number of thiophene rings is 1. The largest absolute Gasteiger partial charge is 0.497 e. The van der Waals surface area contributed by atoms with Gasteiger partial charge in [0, 0.05) is 11.6 Å². The minimum atomic E-state index is -0.529. The number of hydrazone groups is 1. The average Bonchev–Trinajstić information content (AvgIpc) is 3.09. The Bertz CT molecular complexity index is 818. The zero-order chi connectivity index (χ0) is 18.2. The zero-order valence-electron chi connectivity index (χ0n) is 13.1. The maximum Gasteiger partial charge on any atom is 0.324 e. The number of carbonyl (C=O) groups excluding carboxylic acids is 2. The Morgan fingerprint density at radius 2 is 2.16 bits per heavy atom. The Morgan fingerprint density at radius 3 is 2.84 bits per heavy atom. The molecule has 0 aliphatic heterocycles. The Kier molecular flexibility index (Phi) is 6.18. The number of nitro groups is 1. The van der Waals surface area contributed by atoms with Gasteiger partial charge < -0.3 is 10.1 Å². The molecule has 2 N–H and O–H groups in total. The Hall–Kier alpha value is -3.27. The summed E-state index contributed by atoms with van der Waals surface area (Å²) in [6.45, 7) is -0.266. The first-order chi connectivity index (χ1) is 12.0. The molecule has 1 aromatic carbocycles. The maximum absolute atomic E-state index is 11.9. The van der Waals surface area contributed by atoms with Crippen LogP contribution in [0.5, 0.6) is 5.75 Å². The molecular weight excluding hydrogens is 348 g/mol. The lowest BCUT2D eigenvalue weighted by Gasteiger charge is -2.05. The van der Waals surface area contributed by atoms with Crippen molar-refractivity contribution in [1.29, 1.82) is 0 Å². The highest BCUT2D eigenvalue weighted by Gasteiger charge is 2.09. The molecule has 0 unspecified atom stereocenters. The number of nitrogens with one attached hydrogen (secondary N) is 2. The second-order valence-corrected chi connectivity index (χ2v) is 5.73. The normalized spacial score (nSPS) is 10.4. The van der Waals surface area contributed by atoms with E-state index in [-0.39, 0.29) is 11.5 Å². The first-order valence-corrected chi connectivity index (χ1v) is 7.79. The highest BCUT2D eigenvalue weighted by Crippen LogP contribution is 2.22. The summed E-state index contributed by atoms with van der Waals surface area (Å²) in [5.74, 6) is -0.419. The van der Waals surface area contributed by atoms with Crippen molar-refractivity contribution in [3.63, 3.8) is 0 Å². The van der Waals surface area contributed by atoms with Crippen LogP contribution < -0.4 is 15.5 Å². The van der Waals surface area contributed by atoms with Crippen LogP contribution in [0.4, 0.5) is 5.00 Å². The van der Waals surface area contributed by atoms with E-state index in [9.17, 15) is 19.7 Å². The van der Waals surface area contributed by atoms with Gasteiger partial charge in [0.2, 0.25) is 0 Å². The summed E-state index contributed by atoms with van der Waals surface area (Å²) in [4.78, 5) is 34.1. The molecule has 0 saturated heterocycles. The lowest BCUT2D eigenvalue weighted by Crippen LogP contribution is -2.34. The summed E-state index contributed by atoms with van der Waals surface area (Å²) in [5, 5.41) is 16.7. The molecule has 0 saturated carbocycles. The van der Waals surface area contributed by atoms with Crippen molar-refractivity contribution in [3.05, 3.63) is 57.0 Å². The van der Waals surface area contributed by atoms with Crippen molar-refractivity contribution in [2.24, 2.45) is 5.10 Å². The number of amides is 2. The van der Waals surface area contributed by atoms with Gasteiger partial charge >= 0.3 is 5.00 Å². The number of methoxy groups -OCH3 is 1. The smallest absolute Gasteiger partial charge is 0.324 e. The van der Waals surface area contributed by atoms with E-state index in [0.29, 0.717) is 16.2 Å². The molecule has 9 nitrogen and oxygen atoms in total. The molecule has 2 amide bonds. The Labute approximate surface area is 146 Å². The fraction of sp³-hybridized carbons (Fsp3) is 0.133. The van der Waals surface area contributed by atoms with Crippen molar-refractivity contribution >= 4 is 34.4 Å². The summed E-state index contributed by atoms with van der Waals surface area (Å²) in [6.07, 6.45) is 1.29. The number of rotatable bonds is 7. The van der Waals surface area contributed by atoms with Crippen LogP contribution in [-0.4, -0.2) is 36.6 Å². The van der Waals surface area contributed by atoms with Gasteiger partial charge in [0.15, 0.2) is 0 Å². The van der Waals surface area contributed by atoms with Crippen LogP contribution in [0.25, 0.3) is 0 Å². The van der Waals surface area contributed by atoms with Crippen molar-refractivity contribution in [3.8, 4) is 5.75 Å². The summed E-state index contributed by atoms with van der Waals surface area (Å²) in [7, 11) is 1.49. The zero-order valence-corrected chi connectivity index (χ0v) is 13.9. The van der Waals surface area contributed by atoms with Crippen LogP contribution in [-0.2, 0) is 4.79 Å². The molecule has 1 heterocycles. The lowest BCUT2D eigenvalue weighted by molar-refractivity contribution is -0.380. The van der Waals surface area contributed by atoms with E-state index in [2.05, 4.69) is 15.8 Å². The molecule has 0 atom stereocenters. The highest BCUT2D eigenvalue weighted by atomic mass is 32.1. The summed E-state index contributed by atoms with van der Waals surface area (Å²) >= 11 is 0.930. The molecular formula is C15H14N4O5S. The first-order valence-electron chi connectivity index (χ1n) is 6.98. The highest BCUT2D eigenvalue weighted by molar-refractivity contribution is 7.16. The summed E-state index contributed by atoms with van der Waals surface area (Å²) in [5.41, 5.74) is 2.59. The van der Waals surface area contributed by atoms with Gasteiger partial charge in [-0.2, -0.15) is 5.10 Å². The third kappa shape index (κ3) is 5.39. The van der Waals surface area contributed by atoms with Crippen molar-refractivity contribution < 1.29 is 19.2 Å². The van der Waals surface area contributed by atoms with E-state index in [1.54, 1.807) is 24.3 Å². The van der Waals surface area contributed by atoms with Crippen LogP contribution in [0.15, 0.2) is 41.5 Å². The predicted octanol–water partition coefficient (Wildman–Crippen LogP) is 1.54. The lowest BCUT2D eigenvalue weighted by atomic mass is 10.2. The number of hydrogen-bond donors (Lipinski definition) is 2. The Balaban J connectivity index is 1.80. The van der Waals surface area contributed by atoms with Gasteiger partial charge in [-0.25, -0.2) is 5.43 Å². The predicted molar refractivity (Wildman–Crippen MR) is 92.0 cm³/mol. The van der Waals surface area contributed by atoms with Gasteiger partial charge in [-0.1, -0.05) is 17.4 Å². The molecule has 10 heteroatoms. The molecule has 0 aliphatic carbocycles. The van der Waals surface area contributed by atoms with Gasteiger partial charge in [0.1, 0.15) is 5.75 Å². The van der Waals surface area contributed by atoms with E-state index in [4.69, 9.17) is 4.74 Å². The van der Waals surface area contributed by atoms with Gasteiger partial charge in [-0.3, -0.25) is 19.7 Å². The van der Waals surface area contributed by atoms with Crippen LogP contribution in [0.3, 0.4) is 0 Å². The van der Waals surface area contributed by atoms with Gasteiger partial charge in [0.05, 0.1) is 29.7 Å². The van der Waals surface area contributed by atoms with E-state index < -0.39 is 16.7 Å². The standard InChI is InChI=1S/C15H14N4O5S/c1-24-11-4-2-3-10(7-11)15(21)16-9-13(20)18-17-8-12-5-6-14(25-12)19(22)23/h2-8H,9H2,1H3,(H,16,21)(H,18,20). The number of nitrogens with zero attached hydrogens (tertiary/aromatic N) is 2. The number of carbonyl (C=O) groups is 2. The Morgan fingerprint density at radius 1 is 1.36 bits per heavy atom. The molecule has 25 heavy (non-hydrogen) atoms. The molecule has 130 valence electrons. The third-order valence-corrected chi connectivity index (χ3v) is 3.89. The SMILES string of the molecule is COc1cccc(C(=O)NCC(=O)NN=Cc2ccc([N+](=O)[O-])s2)c1. The second kappa shape index (κ2) is 8.55. The van der Waals surface area contributed by atoms with Crippen molar-refractivity contribution in [2.45, 2.75) is 0 Å². The molecule has 0 radical (unpaired) electrons. The molecule has 0 fully saturated rings. The van der Waals surface area contributed by atoms with Crippen molar-refractivity contribution in [1.82, 2.24) is 10.7 Å². The van der Waals surface area contributed by atoms with E-state index in [0.717, 1.165) is 11.3 Å². The summed E-state index contributed by atoms with van der Waals surface area (Å²) in [6, 6.07) is 9.38. The van der Waals surface area contributed by atoms with E-state index >= 15 is 0 Å². The molecule has 0 bridgehead atoms. The van der Waals surface area contributed by atoms with Crippen LogP contribution >= 0.6 is 11.3 Å². The molecule has 2 rings (SSSR count). The third-order valence-electron chi connectivity index (χ3n) is 2.92. The summed E-state index contributed by atoms with van der Waals surface area (Å²) < 4.78 is 5.02. The quantitative estimate of drug-likeness (QED) is 0.439. The number of hydrogen-bond acceptors (Lipinski definition) is 7. The average molecular weight is 362 g/mol. The van der Waals surface area contributed by atoms with Crippen LogP contribution in [0.2, 0.25) is 0 Å². The second-order valence-electron chi connectivity index (χ2n) is 4.64. The fourth-order valence-corrected chi connectivity index (χ4v) is 2.44. The van der Waals surface area contributed by atoms with E-state index in [1.807, 2.05) is 0 Å². The van der Waals surface area contributed by atoms with Gasteiger partial charge in [-0.15, -0.1) is 0 Å². The topological polar surface area (TPSA) is 123 Å². The molecule has 0 spiro atoms. The number of ether oxygens (including phenoxy) is 1. The molecule has 1 aromatic heterocycles. The first kappa shape index (κ1) is 18.1. The molecule has 0 aliphatic rings. The van der Waals surface area contributed by atoms with Crippen LogP contribution in [0.1, 0.15) is 15.2 Å². The monoisotopic (exact) mass is 362 g/mol. The van der Waals surface area contributed by atoms with Crippen molar-refractivity contribution in [2.75, 3.05) is 13.7 Å².